The summed E-state index contributed by atoms with van der Waals surface area (Å²) in [6, 6.07) is 1.68. The molecule has 1 fully saturated rings. The number of hydrogen-bond acceptors (Lipinski definition) is 4. The molecule has 5 heteroatoms. The molecule has 0 amide bonds. The van der Waals surface area contributed by atoms with Crippen LogP contribution in [-0.2, 0) is 16.0 Å². The Morgan fingerprint density at radius 1 is 1.73 bits per heavy atom. The van der Waals surface area contributed by atoms with Crippen molar-refractivity contribution in [1.82, 2.24) is 9.78 Å². The molecular weight excluding hydrogens is 196 g/mol. The number of nitrogens with zero attached hydrogens (tertiary/aromatic N) is 2. The molecule has 2 rings (SSSR count). The molecule has 0 radical (unpaired) electrons. The summed E-state index contributed by atoms with van der Waals surface area (Å²) in [7, 11) is 0. The van der Waals surface area contributed by atoms with Gasteiger partial charge in [0.2, 0.25) is 0 Å². The van der Waals surface area contributed by atoms with E-state index in [1.165, 1.54) is 0 Å². The molecule has 2 heterocycles. The smallest absolute Gasteiger partial charge is 0.356 e. The van der Waals surface area contributed by atoms with Crippen molar-refractivity contribution >= 4 is 5.97 Å². The zero-order chi connectivity index (χ0) is 10.7. The predicted molar refractivity (Wildman–Crippen MR) is 52.5 cm³/mol. The monoisotopic (exact) mass is 210 g/mol. The first-order chi connectivity index (χ1) is 7.31. The molecule has 0 bridgehead atoms. The third-order valence-electron chi connectivity index (χ3n) is 2.34. The Morgan fingerprint density at radius 3 is 3.13 bits per heavy atom. The van der Waals surface area contributed by atoms with Crippen molar-refractivity contribution in [1.29, 1.82) is 0 Å². The van der Waals surface area contributed by atoms with E-state index in [2.05, 4.69) is 5.10 Å². The minimum atomic E-state index is -0.310. The van der Waals surface area contributed by atoms with E-state index in [1.54, 1.807) is 23.9 Å². The largest absolute Gasteiger partial charge is 0.461 e. The highest BCUT2D eigenvalue weighted by Crippen LogP contribution is 2.13. The lowest BCUT2D eigenvalue weighted by molar-refractivity contribution is -0.0413. The van der Waals surface area contributed by atoms with Crippen LogP contribution < -0.4 is 0 Å². The van der Waals surface area contributed by atoms with Crippen LogP contribution in [0.3, 0.4) is 0 Å². The van der Waals surface area contributed by atoms with Gasteiger partial charge in [-0.25, -0.2) is 4.79 Å². The van der Waals surface area contributed by atoms with Crippen LogP contribution in [0.2, 0.25) is 0 Å². The zero-order valence-electron chi connectivity index (χ0n) is 8.68. The van der Waals surface area contributed by atoms with Gasteiger partial charge < -0.3 is 9.47 Å². The quantitative estimate of drug-likeness (QED) is 0.687. The predicted octanol–water partition coefficient (Wildman–Crippen LogP) is 0.706. The summed E-state index contributed by atoms with van der Waals surface area (Å²) >= 11 is 0. The molecule has 1 aliphatic heterocycles. The summed E-state index contributed by atoms with van der Waals surface area (Å²) < 4.78 is 11.7. The Kier molecular flexibility index (Phi) is 3.01. The van der Waals surface area contributed by atoms with Gasteiger partial charge in [-0.2, -0.15) is 5.10 Å². The average Bonchev–Trinajstić information content (AvgIpc) is 2.59. The molecule has 0 saturated carbocycles. The van der Waals surface area contributed by atoms with Gasteiger partial charge in [-0.05, 0) is 13.0 Å². The molecule has 15 heavy (non-hydrogen) atoms. The van der Waals surface area contributed by atoms with Crippen LogP contribution in [0.1, 0.15) is 17.4 Å². The van der Waals surface area contributed by atoms with Gasteiger partial charge in [-0.15, -0.1) is 0 Å². The van der Waals surface area contributed by atoms with Crippen LogP contribution in [0.15, 0.2) is 12.3 Å². The van der Waals surface area contributed by atoms with Gasteiger partial charge in [0.25, 0.3) is 0 Å². The summed E-state index contributed by atoms with van der Waals surface area (Å²) in [5.74, 6) is 0.160. The highest BCUT2D eigenvalue weighted by Gasteiger charge is 2.22. The molecule has 0 spiro atoms. The minimum Gasteiger partial charge on any atom is -0.461 e. The van der Waals surface area contributed by atoms with E-state index in [0.717, 1.165) is 19.8 Å². The molecule has 5 nitrogen and oxygen atoms in total. The minimum absolute atomic E-state index is 0.310. The molecule has 82 valence electrons. The van der Waals surface area contributed by atoms with E-state index < -0.39 is 0 Å². The molecule has 1 aromatic heterocycles. The van der Waals surface area contributed by atoms with Crippen LogP contribution in [0.5, 0.6) is 0 Å². The van der Waals surface area contributed by atoms with Crippen molar-refractivity contribution in [2.45, 2.75) is 13.5 Å². The Labute approximate surface area is 88.0 Å². The van der Waals surface area contributed by atoms with E-state index in [0.29, 0.717) is 18.2 Å². The lowest BCUT2D eigenvalue weighted by Gasteiger charge is -2.26. The van der Waals surface area contributed by atoms with Crippen LogP contribution in [0, 0.1) is 5.92 Å². The van der Waals surface area contributed by atoms with Gasteiger partial charge in [0.05, 0.1) is 19.8 Å². The van der Waals surface area contributed by atoms with Crippen LogP contribution >= 0.6 is 0 Å². The molecule has 0 unspecified atom stereocenters. The highest BCUT2D eigenvalue weighted by atomic mass is 16.5. The first-order valence-corrected chi connectivity index (χ1v) is 5.08. The van der Waals surface area contributed by atoms with Crippen molar-refractivity contribution in [3.8, 4) is 0 Å². The van der Waals surface area contributed by atoms with E-state index in [9.17, 15) is 4.79 Å². The third-order valence-corrected chi connectivity index (χ3v) is 2.34. The number of carbonyl (C=O) groups is 1. The summed E-state index contributed by atoms with van der Waals surface area (Å²) in [6.07, 6.45) is 1.62. The van der Waals surface area contributed by atoms with E-state index in [4.69, 9.17) is 9.47 Å². The number of carbonyl (C=O) groups excluding carboxylic acids is 1. The molecule has 1 saturated heterocycles. The molecule has 0 atom stereocenters. The first-order valence-electron chi connectivity index (χ1n) is 5.08. The van der Waals surface area contributed by atoms with Crippen molar-refractivity contribution in [2.24, 2.45) is 5.92 Å². The SMILES string of the molecule is CCOC(=O)c1ccnn1CC1COC1. The lowest BCUT2D eigenvalue weighted by atomic mass is 10.1. The summed E-state index contributed by atoms with van der Waals surface area (Å²) in [6.45, 7) is 4.40. The van der Waals surface area contributed by atoms with Crippen LogP contribution in [-0.4, -0.2) is 35.6 Å². The summed E-state index contributed by atoms with van der Waals surface area (Å²) in [5, 5.41) is 4.10. The van der Waals surface area contributed by atoms with Crippen molar-refractivity contribution in [3.63, 3.8) is 0 Å². The summed E-state index contributed by atoms with van der Waals surface area (Å²) in [5.41, 5.74) is 0.517. The van der Waals surface area contributed by atoms with Gasteiger partial charge in [0, 0.05) is 18.7 Å². The second-order valence-corrected chi connectivity index (χ2v) is 3.52. The Morgan fingerprint density at radius 2 is 2.53 bits per heavy atom. The maximum absolute atomic E-state index is 11.5. The lowest BCUT2D eigenvalue weighted by Crippen LogP contribution is -2.32. The first kappa shape index (κ1) is 10.2. The van der Waals surface area contributed by atoms with Crippen LogP contribution in [0.25, 0.3) is 0 Å². The number of aromatic nitrogens is 2. The topological polar surface area (TPSA) is 53.3 Å². The summed E-state index contributed by atoms with van der Waals surface area (Å²) in [4.78, 5) is 11.5. The zero-order valence-corrected chi connectivity index (χ0v) is 8.68. The number of rotatable bonds is 4. The van der Waals surface area contributed by atoms with E-state index in [-0.39, 0.29) is 5.97 Å². The van der Waals surface area contributed by atoms with Gasteiger partial charge in [-0.3, -0.25) is 4.68 Å². The van der Waals surface area contributed by atoms with Crippen molar-refractivity contribution in [3.05, 3.63) is 18.0 Å². The second-order valence-electron chi connectivity index (χ2n) is 3.52. The van der Waals surface area contributed by atoms with Gasteiger partial charge in [-0.1, -0.05) is 0 Å². The average molecular weight is 210 g/mol. The van der Waals surface area contributed by atoms with Crippen molar-refractivity contribution in [2.75, 3.05) is 19.8 Å². The van der Waals surface area contributed by atoms with Gasteiger partial charge >= 0.3 is 5.97 Å². The Bertz CT molecular complexity index is 344. The molecule has 1 aromatic rings. The Hall–Kier alpha value is -1.36. The second kappa shape index (κ2) is 4.44. The van der Waals surface area contributed by atoms with Gasteiger partial charge in [0.1, 0.15) is 5.69 Å². The maximum Gasteiger partial charge on any atom is 0.356 e. The van der Waals surface area contributed by atoms with E-state index >= 15 is 0 Å². The number of hydrogen-bond donors (Lipinski definition) is 0. The highest BCUT2D eigenvalue weighted by molar-refractivity contribution is 5.87. The van der Waals surface area contributed by atoms with Crippen molar-refractivity contribution < 1.29 is 14.3 Å². The fourth-order valence-corrected chi connectivity index (χ4v) is 1.49. The molecule has 0 aromatic carbocycles. The normalized spacial score (nSPS) is 16.1. The standard InChI is InChI=1S/C10H14N2O3/c1-2-15-10(13)9-3-4-11-12(9)5-8-6-14-7-8/h3-4,8H,2,5-7H2,1H3. The Balaban J connectivity index is 2.03. The van der Waals surface area contributed by atoms with Crippen LogP contribution in [0.4, 0.5) is 0 Å². The number of esters is 1. The third kappa shape index (κ3) is 2.18. The molecular formula is C10H14N2O3. The molecule has 1 aliphatic rings. The molecule has 0 aliphatic carbocycles. The molecule has 0 N–H and O–H groups in total. The fraction of sp³-hybridized carbons (Fsp3) is 0.600. The van der Waals surface area contributed by atoms with Gasteiger partial charge in [0.15, 0.2) is 0 Å². The maximum atomic E-state index is 11.5. The van der Waals surface area contributed by atoms with E-state index in [1.807, 2.05) is 0 Å². The fourth-order valence-electron chi connectivity index (χ4n) is 1.49. The number of ether oxygens (including phenoxy) is 2.